The Bertz CT molecular complexity index is 1270. The van der Waals surface area contributed by atoms with Gasteiger partial charge in [-0.2, -0.15) is 0 Å². The van der Waals surface area contributed by atoms with Crippen LogP contribution in [0, 0.1) is 0 Å². The predicted molar refractivity (Wildman–Crippen MR) is 131 cm³/mol. The van der Waals surface area contributed by atoms with Crippen LogP contribution >= 0.6 is 15.9 Å². The van der Waals surface area contributed by atoms with E-state index in [1.54, 1.807) is 6.07 Å². The van der Waals surface area contributed by atoms with E-state index in [0.29, 0.717) is 12.0 Å². The normalized spacial score (nSPS) is 11.7. The van der Waals surface area contributed by atoms with Gasteiger partial charge in [0.1, 0.15) is 6.04 Å². The van der Waals surface area contributed by atoms with Crippen LogP contribution in [-0.4, -0.2) is 25.0 Å². The van der Waals surface area contributed by atoms with Crippen LogP contribution in [0.5, 0.6) is 0 Å². The van der Waals surface area contributed by atoms with Crippen molar-refractivity contribution in [2.24, 2.45) is 0 Å². The number of rotatable bonds is 6. The molecule has 0 heterocycles. The molecule has 32 heavy (non-hydrogen) atoms. The standard InChI is InChI=1S/C27H22BrNO3/c1-32-27(31)25(16-18-8-3-2-4-9-18)29-26(30)23-15-14-20(28)17-24(23)22-13-7-11-19-10-5-6-12-21(19)22/h2-15,17,25H,16H2,1H3,(H,29,30). The molecule has 0 fully saturated rings. The molecule has 0 aliphatic rings. The highest BCUT2D eigenvalue weighted by molar-refractivity contribution is 9.10. The average molecular weight is 488 g/mol. The van der Waals surface area contributed by atoms with Crippen molar-refractivity contribution in [3.8, 4) is 11.1 Å². The second-order valence-electron chi connectivity index (χ2n) is 7.46. The average Bonchev–Trinajstić information content (AvgIpc) is 2.83. The van der Waals surface area contributed by atoms with E-state index in [2.05, 4.69) is 21.2 Å². The first kappa shape index (κ1) is 21.8. The van der Waals surface area contributed by atoms with Crippen molar-refractivity contribution in [2.45, 2.75) is 12.5 Å². The van der Waals surface area contributed by atoms with E-state index >= 15 is 0 Å². The lowest BCUT2D eigenvalue weighted by molar-refractivity contribution is -0.142. The molecule has 0 aliphatic heterocycles. The van der Waals surface area contributed by atoms with Crippen LogP contribution in [0.2, 0.25) is 0 Å². The van der Waals surface area contributed by atoms with Gasteiger partial charge in [0.2, 0.25) is 0 Å². The molecule has 1 unspecified atom stereocenters. The highest BCUT2D eigenvalue weighted by Crippen LogP contribution is 2.33. The quantitative estimate of drug-likeness (QED) is 0.350. The Balaban J connectivity index is 1.71. The zero-order valence-electron chi connectivity index (χ0n) is 17.5. The Morgan fingerprint density at radius 3 is 2.38 bits per heavy atom. The number of hydrogen-bond donors (Lipinski definition) is 1. The number of methoxy groups -OCH3 is 1. The number of halogens is 1. The number of esters is 1. The van der Waals surface area contributed by atoms with Crippen LogP contribution in [0.4, 0.5) is 0 Å². The van der Waals surface area contributed by atoms with Gasteiger partial charge in [-0.15, -0.1) is 0 Å². The van der Waals surface area contributed by atoms with Gasteiger partial charge in [0, 0.05) is 16.5 Å². The van der Waals surface area contributed by atoms with Crippen molar-refractivity contribution in [1.29, 1.82) is 0 Å². The summed E-state index contributed by atoms with van der Waals surface area (Å²) in [5, 5.41) is 5.02. The van der Waals surface area contributed by atoms with Crippen LogP contribution in [0.3, 0.4) is 0 Å². The minimum Gasteiger partial charge on any atom is -0.467 e. The number of fused-ring (bicyclic) bond motifs is 1. The van der Waals surface area contributed by atoms with E-state index in [1.807, 2.05) is 84.9 Å². The molecule has 0 radical (unpaired) electrons. The topological polar surface area (TPSA) is 55.4 Å². The number of benzene rings is 4. The van der Waals surface area contributed by atoms with E-state index in [4.69, 9.17) is 4.74 Å². The van der Waals surface area contributed by atoms with E-state index in [0.717, 1.165) is 31.9 Å². The monoisotopic (exact) mass is 487 g/mol. The second kappa shape index (κ2) is 9.79. The van der Waals surface area contributed by atoms with E-state index < -0.39 is 12.0 Å². The summed E-state index contributed by atoms with van der Waals surface area (Å²) in [7, 11) is 1.33. The first-order valence-corrected chi connectivity index (χ1v) is 11.1. The van der Waals surface area contributed by atoms with Gasteiger partial charge < -0.3 is 10.1 Å². The molecule has 0 aliphatic carbocycles. The molecule has 0 bridgehead atoms. The molecule has 0 saturated carbocycles. The maximum Gasteiger partial charge on any atom is 0.328 e. The van der Waals surface area contributed by atoms with Crippen LogP contribution in [0.25, 0.3) is 21.9 Å². The van der Waals surface area contributed by atoms with Gasteiger partial charge in [0.25, 0.3) is 5.91 Å². The highest BCUT2D eigenvalue weighted by atomic mass is 79.9. The van der Waals surface area contributed by atoms with Crippen LogP contribution in [0.15, 0.2) is 95.5 Å². The maximum absolute atomic E-state index is 13.4. The molecule has 0 aromatic heterocycles. The third kappa shape index (κ3) is 4.73. The Labute approximate surface area is 195 Å². The molecule has 4 rings (SSSR count). The molecule has 0 saturated heterocycles. The number of nitrogens with one attached hydrogen (secondary N) is 1. The molecule has 4 aromatic carbocycles. The summed E-state index contributed by atoms with van der Waals surface area (Å²) in [5.41, 5.74) is 3.17. The fourth-order valence-corrected chi connectivity index (χ4v) is 4.18. The molecular weight excluding hydrogens is 466 g/mol. The SMILES string of the molecule is COC(=O)C(Cc1ccccc1)NC(=O)c1ccc(Br)cc1-c1cccc2ccccc12. The summed E-state index contributed by atoms with van der Waals surface area (Å²) in [6.45, 7) is 0. The van der Waals surface area contributed by atoms with Crippen LogP contribution < -0.4 is 5.32 Å². The lowest BCUT2D eigenvalue weighted by Crippen LogP contribution is -2.43. The lowest BCUT2D eigenvalue weighted by atomic mass is 9.94. The summed E-state index contributed by atoms with van der Waals surface area (Å²) >= 11 is 3.53. The predicted octanol–water partition coefficient (Wildman–Crippen LogP) is 5.78. The van der Waals surface area contributed by atoms with Crippen molar-refractivity contribution in [2.75, 3.05) is 7.11 Å². The Morgan fingerprint density at radius 1 is 0.875 bits per heavy atom. The molecular formula is C27H22BrNO3. The number of amides is 1. The van der Waals surface area contributed by atoms with Gasteiger partial charge in [-0.3, -0.25) is 4.79 Å². The first-order valence-electron chi connectivity index (χ1n) is 10.3. The largest absolute Gasteiger partial charge is 0.467 e. The van der Waals surface area contributed by atoms with E-state index in [9.17, 15) is 9.59 Å². The number of hydrogen-bond acceptors (Lipinski definition) is 3. The zero-order chi connectivity index (χ0) is 22.5. The van der Waals surface area contributed by atoms with Gasteiger partial charge in [-0.1, -0.05) is 88.7 Å². The summed E-state index contributed by atoms with van der Waals surface area (Å²) in [4.78, 5) is 25.8. The van der Waals surface area contributed by atoms with E-state index in [1.165, 1.54) is 7.11 Å². The fourth-order valence-electron chi connectivity index (χ4n) is 3.82. The molecule has 1 atom stereocenters. The molecule has 1 N–H and O–H groups in total. The summed E-state index contributed by atoms with van der Waals surface area (Å²) in [6.07, 6.45) is 0.347. The lowest BCUT2D eigenvalue weighted by Gasteiger charge is -2.19. The first-order chi connectivity index (χ1) is 15.6. The summed E-state index contributed by atoms with van der Waals surface area (Å²) in [6, 6.07) is 28.4. The van der Waals surface area contributed by atoms with Gasteiger partial charge in [0.05, 0.1) is 7.11 Å². The van der Waals surface area contributed by atoms with Crippen molar-refractivity contribution < 1.29 is 14.3 Å². The van der Waals surface area contributed by atoms with Crippen molar-refractivity contribution in [3.05, 3.63) is 107 Å². The molecule has 5 heteroatoms. The number of carbonyl (C=O) groups is 2. The smallest absolute Gasteiger partial charge is 0.328 e. The molecule has 1 amide bonds. The zero-order valence-corrected chi connectivity index (χ0v) is 19.1. The van der Waals surface area contributed by atoms with Gasteiger partial charge in [-0.05, 0) is 45.7 Å². The summed E-state index contributed by atoms with van der Waals surface area (Å²) in [5.74, 6) is -0.808. The highest BCUT2D eigenvalue weighted by Gasteiger charge is 2.24. The van der Waals surface area contributed by atoms with Crippen molar-refractivity contribution in [3.63, 3.8) is 0 Å². The van der Waals surface area contributed by atoms with E-state index in [-0.39, 0.29) is 5.91 Å². The second-order valence-corrected chi connectivity index (χ2v) is 8.37. The Kier molecular flexibility index (Phi) is 6.66. The maximum atomic E-state index is 13.4. The fraction of sp³-hybridized carbons (Fsp3) is 0.111. The van der Waals surface area contributed by atoms with Crippen LogP contribution in [-0.2, 0) is 16.0 Å². The van der Waals surface area contributed by atoms with Crippen LogP contribution in [0.1, 0.15) is 15.9 Å². The molecule has 160 valence electrons. The summed E-state index contributed by atoms with van der Waals surface area (Å²) < 4.78 is 5.82. The number of carbonyl (C=O) groups excluding carboxylic acids is 2. The van der Waals surface area contributed by atoms with Gasteiger partial charge >= 0.3 is 5.97 Å². The molecule has 4 aromatic rings. The third-order valence-corrected chi connectivity index (χ3v) is 5.87. The molecule has 4 nitrogen and oxygen atoms in total. The number of ether oxygens (including phenoxy) is 1. The Hall–Kier alpha value is -3.44. The minimum absolute atomic E-state index is 0.327. The Morgan fingerprint density at radius 2 is 1.59 bits per heavy atom. The third-order valence-electron chi connectivity index (χ3n) is 5.38. The van der Waals surface area contributed by atoms with Crippen molar-refractivity contribution >= 4 is 38.6 Å². The van der Waals surface area contributed by atoms with Gasteiger partial charge in [0.15, 0.2) is 0 Å². The van der Waals surface area contributed by atoms with Crippen molar-refractivity contribution in [1.82, 2.24) is 5.32 Å². The minimum atomic E-state index is -0.793. The van der Waals surface area contributed by atoms with Gasteiger partial charge in [-0.25, -0.2) is 4.79 Å². The molecule has 0 spiro atoms.